The number of anilines is 1. The minimum absolute atomic E-state index is 0.0382. The molecule has 2 bridgehead atoms. The summed E-state index contributed by atoms with van der Waals surface area (Å²) in [6, 6.07) is 10.8. The van der Waals surface area contributed by atoms with Gasteiger partial charge in [-0.3, -0.25) is 9.69 Å². The normalized spacial score (nSPS) is 27.1. The topological polar surface area (TPSA) is 105 Å². The highest BCUT2D eigenvalue weighted by atomic mass is 32.1. The summed E-state index contributed by atoms with van der Waals surface area (Å²) < 4.78 is 11.4. The van der Waals surface area contributed by atoms with Crippen LogP contribution in [-0.2, 0) is 20.4 Å². The summed E-state index contributed by atoms with van der Waals surface area (Å²) in [5.41, 5.74) is 3.00. The van der Waals surface area contributed by atoms with E-state index in [0.29, 0.717) is 51.1 Å². The highest BCUT2D eigenvalue weighted by Gasteiger charge is 2.51. The molecule has 0 radical (unpaired) electrons. The Morgan fingerprint density at radius 3 is 2.27 bits per heavy atom. The summed E-state index contributed by atoms with van der Waals surface area (Å²) in [4.78, 5) is 41.6. The summed E-state index contributed by atoms with van der Waals surface area (Å²) in [6.45, 7) is 11.6. The second-order valence-corrected chi connectivity index (χ2v) is 18.3. The zero-order chi connectivity index (χ0) is 36.2. The fourth-order valence-corrected chi connectivity index (χ4v) is 9.96. The van der Waals surface area contributed by atoms with Crippen LogP contribution in [0.4, 0.5) is 10.6 Å². The number of hydrogen-bond donors (Lipinski definition) is 1. The maximum Gasteiger partial charge on any atom is 0.410 e. The second kappa shape index (κ2) is 13.5. The number of ether oxygens (including phenoxy) is 2. The van der Waals surface area contributed by atoms with Gasteiger partial charge in [0.05, 0.1) is 35.7 Å². The van der Waals surface area contributed by atoms with E-state index >= 15 is 0 Å². The Balaban J connectivity index is 1.10. The maximum absolute atomic E-state index is 14.7. The molecular formula is C41H54N4O5S. The third-order valence-corrected chi connectivity index (χ3v) is 13.7. The van der Waals surface area contributed by atoms with Gasteiger partial charge >= 0.3 is 6.09 Å². The van der Waals surface area contributed by atoms with Gasteiger partial charge in [0.1, 0.15) is 17.7 Å². The lowest BCUT2D eigenvalue weighted by molar-refractivity contribution is -0.125. The molecule has 51 heavy (non-hydrogen) atoms. The lowest BCUT2D eigenvalue weighted by atomic mass is 9.51. The van der Waals surface area contributed by atoms with E-state index in [2.05, 4.69) is 52.0 Å². The lowest BCUT2D eigenvalue weighted by Crippen LogP contribution is -2.62. The van der Waals surface area contributed by atoms with Crippen LogP contribution in [0.1, 0.15) is 108 Å². The molecule has 0 atom stereocenters. The van der Waals surface area contributed by atoms with Gasteiger partial charge in [0.25, 0.3) is 0 Å². The Kier molecular flexibility index (Phi) is 9.49. The van der Waals surface area contributed by atoms with Crippen molar-refractivity contribution < 1.29 is 24.2 Å². The monoisotopic (exact) mass is 714 g/mol. The number of aromatic nitrogens is 2. The molecule has 9 nitrogen and oxygen atoms in total. The van der Waals surface area contributed by atoms with E-state index in [0.717, 1.165) is 59.7 Å². The van der Waals surface area contributed by atoms with Crippen molar-refractivity contribution >= 4 is 29.2 Å². The first-order chi connectivity index (χ1) is 24.2. The van der Waals surface area contributed by atoms with Gasteiger partial charge in [0.15, 0.2) is 0 Å². The molecule has 1 saturated heterocycles. The summed E-state index contributed by atoms with van der Waals surface area (Å²) >= 11 is 1.70. The molecule has 3 aromatic rings. The Labute approximate surface area is 306 Å². The quantitative estimate of drug-likeness (QED) is 0.251. The smallest absolute Gasteiger partial charge is 0.410 e. The van der Waals surface area contributed by atoms with E-state index < -0.39 is 5.60 Å². The zero-order valence-corrected chi connectivity index (χ0v) is 32.0. The van der Waals surface area contributed by atoms with Crippen molar-refractivity contribution in [2.45, 2.75) is 121 Å². The van der Waals surface area contributed by atoms with E-state index in [4.69, 9.17) is 19.4 Å². The molecule has 5 fully saturated rings. The number of benzene rings is 1. The first-order valence-electron chi connectivity index (χ1n) is 18.8. The fraction of sp³-hybridized carbons (Fsp3) is 0.610. The first-order valence-corrected chi connectivity index (χ1v) is 19.6. The number of aryl methyl sites for hydroxylation is 1. The number of fused-ring (bicyclic) bond motifs is 3. The van der Waals surface area contributed by atoms with E-state index in [9.17, 15) is 14.7 Å². The summed E-state index contributed by atoms with van der Waals surface area (Å²) in [7, 11) is 1.73. The van der Waals surface area contributed by atoms with Gasteiger partial charge in [-0.05, 0) is 124 Å². The van der Waals surface area contributed by atoms with Crippen LogP contribution in [0.25, 0.3) is 10.4 Å². The molecule has 3 heterocycles. The minimum atomic E-state index is -0.834. The SMILES string of the molecule is COc1ccc(C23CCC(CN(c4cc(-c5cnc(C(C)(C)C)s5)ccn4)C(=O)[C@H]4CC[C@H](OC(=O)N5CC(C)(O)C5)CC4)(CC2)CC3)cc1C. The Hall–Kier alpha value is -3.50. The van der Waals surface area contributed by atoms with Gasteiger partial charge in [-0.2, -0.15) is 0 Å². The molecule has 274 valence electrons. The number of thiazole rings is 1. The van der Waals surface area contributed by atoms with E-state index in [1.807, 2.05) is 23.4 Å². The van der Waals surface area contributed by atoms with Crippen molar-refractivity contribution in [2.24, 2.45) is 11.3 Å². The van der Waals surface area contributed by atoms with E-state index in [1.165, 1.54) is 11.1 Å². The van der Waals surface area contributed by atoms with E-state index in [1.54, 1.807) is 30.3 Å². The third-order valence-electron chi connectivity index (χ3n) is 12.2. The number of aliphatic hydroxyl groups is 1. The van der Waals surface area contributed by atoms with E-state index in [-0.39, 0.29) is 40.3 Å². The third kappa shape index (κ3) is 7.28. The van der Waals surface area contributed by atoms with Crippen LogP contribution in [0.2, 0.25) is 0 Å². The number of methoxy groups -OCH3 is 1. The minimum Gasteiger partial charge on any atom is -0.496 e. The maximum atomic E-state index is 14.7. The molecule has 0 spiro atoms. The van der Waals surface area contributed by atoms with Gasteiger partial charge in [-0.25, -0.2) is 14.8 Å². The van der Waals surface area contributed by atoms with Crippen molar-refractivity contribution in [3.63, 3.8) is 0 Å². The average molecular weight is 715 g/mol. The summed E-state index contributed by atoms with van der Waals surface area (Å²) in [6.07, 6.45) is 12.4. The molecule has 2 aromatic heterocycles. The van der Waals surface area contributed by atoms with Gasteiger partial charge in [0.2, 0.25) is 5.91 Å². The van der Waals surface area contributed by atoms with Crippen LogP contribution in [0.3, 0.4) is 0 Å². The number of carbonyl (C=O) groups is 2. The number of carbonyl (C=O) groups excluding carboxylic acids is 2. The zero-order valence-electron chi connectivity index (χ0n) is 31.2. The van der Waals surface area contributed by atoms with Crippen LogP contribution in [-0.4, -0.2) is 70.4 Å². The summed E-state index contributed by atoms with van der Waals surface area (Å²) in [5, 5.41) is 11.1. The predicted octanol–water partition coefficient (Wildman–Crippen LogP) is 8.21. The molecule has 10 heteroatoms. The number of β-amino-alcohol motifs (C(OH)–C–C–N with tert-alkyl or cyclic N) is 1. The molecule has 4 saturated carbocycles. The first kappa shape index (κ1) is 35.9. The van der Waals surface area contributed by atoms with Crippen molar-refractivity contribution in [3.8, 4) is 16.2 Å². The Bertz CT molecular complexity index is 1740. The van der Waals surface area contributed by atoms with Crippen molar-refractivity contribution in [3.05, 3.63) is 58.9 Å². The molecule has 1 N–H and O–H groups in total. The average Bonchev–Trinajstić information content (AvgIpc) is 3.62. The number of pyridine rings is 1. The Morgan fingerprint density at radius 1 is 1.00 bits per heavy atom. The molecule has 0 unspecified atom stereocenters. The number of amides is 2. The molecular weight excluding hydrogens is 661 g/mol. The van der Waals surface area contributed by atoms with Gasteiger partial charge < -0.3 is 19.5 Å². The standard InChI is InChI=1S/C41H54N4O5S/c1-27-21-30(9-12-32(27)49-6)41-17-14-40(15-18-41,16-19-41)26-45(34-22-29(13-20-42-34)33-23-43-36(51-33)38(2,3)4)35(46)28-7-10-31(11-8-28)50-37(47)44-24-39(5,48)25-44/h9,12-13,20-23,28,31,48H,7-8,10-11,14-19,24-26H2,1-6H3/t28-,31-,40?,41?. The predicted molar refractivity (Wildman–Crippen MR) is 200 cm³/mol. The van der Waals surface area contributed by atoms with Gasteiger partial charge in [-0.1, -0.05) is 32.9 Å². The number of rotatable bonds is 8. The van der Waals surface area contributed by atoms with Crippen LogP contribution >= 0.6 is 11.3 Å². The van der Waals surface area contributed by atoms with Crippen LogP contribution in [0, 0.1) is 18.3 Å². The number of nitrogens with zero attached hydrogens (tertiary/aromatic N) is 4. The van der Waals surface area contributed by atoms with Crippen LogP contribution in [0.15, 0.2) is 42.7 Å². The van der Waals surface area contributed by atoms with Crippen molar-refractivity contribution in [1.82, 2.24) is 14.9 Å². The molecule has 5 aliphatic rings. The molecule has 4 aliphatic carbocycles. The van der Waals surface area contributed by atoms with Crippen molar-refractivity contribution in [2.75, 3.05) is 31.6 Å². The number of hydrogen-bond acceptors (Lipinski definition) is 8. The summed E-state index contributed by atoms with van der Waals surface area (Å²) in [5.74, 6) is 1.62. The Morgan fingerprint density at radius 2 is 1.69 bits per heavy atom. The lowest BCUT2D eigenvalue weighted by Gasteiger charge is -2.55. The molecule has 2 amide bonds. The largest absolute Gasteiger partial charge is 0.496 e. The van der Waals surface area contributed by atoms with Gasteiger partial charge in [0, 0.05) is 30.3 Å². The fourth-order valence-electron chi connectivity index (χ4n) is 8.99. The number of likely N-dealkylation sites (tertiary alicyclic amines) is 1. The molecule has 1 aromatic carbocycles. The van der Waals surface area contributed by atoms with Gasteiger partial charge in [-0.15, -0.1) is 11.3 Å². The highest BCUT2D eigenvalue weighted by molar-refractivity contribution is 7.15. The van der Waals surface area contributed by atoms with Crippen molar-refractivity contribution in [1.29, 1.82) is 0 Å². The molecule has 8 rings (SSSR count). The van der Waals surface area contributed by atoms with Crippen LogP contribution < -0.4 is 9.64 Å². The highest BCUT2D eigenvalue weighted by Crippen LogP contribution is 2.58. The molecule has 1 aliphatic heterocycles. The second-order valence-electron chi connectivity index (χ2n) is 17.3. The van der Waals surface area contributed by atoms with Crippen LogP contribution in [0.5, 0.6) is 5.75 Å².